The van der Waals surface area contributed by atoms with E-state index in [0.29, 0.717) is 12.3 Å². The van der Waals surface area contributed by atoms with Gasteiger partial charge >= 0.3 is 0 Å². The molecule has 2 N–H and O–H groups in total. The molecule has 1 aromatic carbocycles. The molecule has 0 saturated carbocycles. The van der Waals surface area contributed by atoms with Gasteiger partial charge in [-0.25, -0.2) is 0 Å². The highest BCUT2D eigenvalue weighted by atomic mass is 16.5. The van der Waals surface area contributed by atoms with E-state index in [4.69, 9.17) is 10.3 Å². The van der Waals surface area contributed by atoms with Crippen molar-refractivity contribution in [2.24, 2.45) is 0 Å². The summed E-state index contributed by atoms with van der Waals surface area (Å²) in [6.45, 7) is 3.00. The van der Waals surface area contributed by atoms with E-state index in [-0.39, 0.29) is 6.04 Å². The molecule has 0 amide bonds. The highest BCUT2D eigenvalue weighted by Crippen LogP contribution is 2.22. The van der Waals surface area contributed by atoms with Crippen LogP contribution < -0.4 is 5.73 Å². The van der Waals surface area contributed by atoms with E-state index >= 15 is 0 Å². The first-order valence-electron chi connectivity index (χ1n) is 7.18. The van der Waals surface area contributed by atoms with Gasteiger partial charge in [0.05, 0.1) is 12.5 Å². The van der Waals surface area contributed by atoms with Gasteiger partial charge in [-0.2, -0.15) is 4.98 Å². The third-order valence-electron chi connectivity index (χ3n) is 4.03. The van der Waals surface area contributed by atoms with Crippen molar-refractivity contribution in [3.8, 4) is 0 Å². The summed E-state index contributed by atoms with van der Waals surface area (Å²) in [5.74, 6) is 1.37. The summed E-state index contributed by atoms with van der Waals surface area (Å²) in [6.07, 6.45) is 0.575. The van der Waals surface area contributed by atoms with Crippen molar-refractivity contribution in [1.29, 1.82) is 0 Å². The lowest BCUT2D eigenvalue weighted by atomic mass is 10.1. The number of aromatic nitrogens is 2. The number of nitrogens with two attached hydrogens (primary N) is 1. The number of piperazine rings is 1. The number of anilines is 1. The fourth-order valence-electron chi connectivity index (χ4n) is 2.62. The molecule has 0 spiro atoms. The van der Waals surface area contributed by atoms with Crippen molar-refractivity contribution in [2.45, 2.75) is 12.5 Å². The molecular weight excluding hydrogens is 266 g/mol. The summed E-state index contributed by atoms with van der Waals surface area (Å²) in [7, 11) is 4.22. The van der Waals surface area contributed by atoms with E-state index in [0.717, 1.165) is 36.7 Å². The molecule has 21 heavy (non-hydrogen) atoms. The molecule has 112 valence electrons. The number of nitrogen functional groups attached to an aromatic ring is 1. The van der Waals surface area contributed by atoms with Crippen LogP contribution in [0.5, 0.6) is 0 Å². The Labute approximate surface area is 124 Å². The molecule has 1 fully saturated rings. The fourth-order valence-corrected chi connectivity index (χ4v) is 2.62. The highest BCUT2D eigenvalue weighted by molar-refractivity contribution is 5.47. The molecule has 0 radical (unpaired) electrons. The number of benzene rings is 1. The van der Waals surface area contributed by atoms with E-state index in [9.17, 15) is 0 Å². The van der Waals surface area contributed by atoms with Gasteiger partial charge in [-0.15, -0.1) is 0 Å². The molecule has 0 bridgehead atoms. The van der Waals surface area contributed by atoms with Crippen LogP contribution in [0.4, 0.5) is 5.69 Å². The maximum Gasteiger partial charge on any atom is 0.231 e. The molecule has 0 aliphatic carbocycles. The van der Waals surface area contributed by atoms with Crippen molar-refractivity contribution in [3.05, 3.63) is 41.5 Å². The van der Waals surface area contributed by atoms with Crippen LogP contribution in [0.3, 0.4) is 0 Å². The topological polar surface area (TPSA) is 71.4 Å². The smallest absolute Gasteiger partial charge is 0.231 e. The number of nitrogens with zero attached hydrogens (tertiary/aromatic N) is 4. The summed E-state index contributed by atoms with van der Waals surface area (Å²) in [5.41, 5.74) is 7.73. The van der Waals surface area contributed by atoms with Crippen LogP contribution in [0.15, 0.2) is 28.8 Å². The third-order valence-corrected chi connectivity index (χ3v) is 4.03. The SMILES string of the molecule is CN1CCN(C)C(c2noc(Cc3ccccc3N)n2)C1. The molecule has 6 nitrogen and oxygen atoms in total. The zero-order chi connectivity index (χ0) is 14.8. The van der Waals surface area contributed by atoms with Gasteiger partial charge in [0.15, 0.2) is 5.82 Å². The molecule has 2 heterocycles. The Hall–Kier alpha value is -1.92. The average Bonchev–Trinajstić information content (AvgIpc) is 2.92. The standard InChI is InChI=1S/C15H21N5O/c1-19-7-8-20(2)13(10-19)15-17-14(21-18-15)9-11-5-3-4-6-12(11)16/h3-6,13H,7-10,16H2,1-2H3. The summed E-state index contributed by atoms with van der Waals surface area (Å²) in [5, 5.41) is 4.16. The zero-order valence-corrected chi connectivity index (χ0v) is 12.5. The second-order valence-corrected chi connectivity index (χ2v) is 5.68. The maximum atomic E-state index is 5.95. The normalized spacial score (nSPS) is 20.8. The van der Waals surface area contributed by atoms with Gasteiger partial charge in [0.1, 0.15) is 0 Å². The summed E-state index contributed by atoms with van der Waals surface area (Å²) in [6, 6.07) is 7.95. The average molecular weight is 287 g/mol. The van der Waals surface area contributed by atoms with Crippen LogP contribution in [0, 0.1) is 0 Å². The van der Waals surface area contributed by atoms with Crippen molar-refractivity contribution < 1.29 is 4.52 Å². The molecule has 1 unspecified atom stereocenters. The monoisotopic (exact) mass is 287 g/mol. The van der Waals surface area contributed by atoms with Gasteiger partial charge in [0, 0.05) is 25.3 Å². The third kappa shape index (κ3) is 3.06. The minimum atomic E-state index is 0.189. The first-order valence-corrected chi connectivity index (χ1v) is 7.18. The first kappa shape index (κ1) is 14.0. The van der Waals surface area contributed by atoms with Gasteiger partial charge in [0.2, 0.25) is 5.89 Å². The Kier molecular flexibility index (Phi) is 3.90. The molecule has 3 rings (SSSR count). The summed E-state index contributed by atoms with van der Waals surface area (Å²) < 4.78 is 5.40. The van der Waals surface area contributed by atoms with Crippen LogP contribution >= 0.6 is 0 Å². The Bertz CT molecular complexity index is 612. The molecule has 1 saturated heterocycles. The predicted octanol–water partition coefficient (Wildman–Crippen LogP) is 1.16. The number of hydrogen-bond donors (Lipinski definition) is 1. The Balaban J connectivity index is 1.76. The van der Waals surface area contributed by atoms with E-state index in [1.165, 1.54) is 0 Å². The van der Waals surface area contributed by atoms with Crippen LogP contribution in [0.25, 0.3) is 0 Å². The van der Waals surface area contributed by atoms with Gasteiger partial charge in [-0.1, -0.05) is 23.4 Å². The Morgan fingerprint density at radius 2 is 2.10 bits per heavy atom. The van der Waals surface area contributed by atoms with Gasteiger partial charge in [-0.05, 0) is 25.7 Å². The van der Waals surface area contributed by atoms with Gasteiger partial charge in [-0.3, -0.25) is 4.90 Å². The molecule has 1 atom stereocenters. The highest BCUT2D eigenvalue weighted by Gasteiger charge is 2.27. The van der Waals surface area contributed by atoms with Crippen molar-refractivity contribution in [3.63, 3.8) is 0 Å². The second kappa shape index (κ2) is 5.83. The van der Waals surface area contributed by atoms with Crippen molar-refractivity contribution in [1.82, 2.24) is 19.9 Å². The minimum Gasteiger partial charge on any atom is -0.398 e. The van der Waals surface area contributed by atoms with Crippen LogP contribution in [-0.4, -0.2) is 53.7 Å². The van der Waals surface area contributed by atoms with Gasteiger partial charge < -0.3 is 15.2 Å². The number of para-hydroxylation sites is 1. The predicted molar refractivity (Wildman–Crippen MR) is 80.8 cm³/mol. The maximum absolute atomic E-state index is 5.95. The lowest BCUT2D eigenvalue weighted by Crippen LogP contribution is -2.45. The lowest BCUT2D eigenvalue weighted by Gasteiger charge is -2.35. The zero-order valence-electron chi connectivity index (χ0n) is 12.5. The summed E-state index contributed by atoms with van der Waals surface area (Å²) in [4.78, 5) is 9.11. The minimum absolute atomic E-state index is 0.189. The van der Waals surface area contributed by atoms with Crippen LogP contribution in [-0.2, 0) is 6.42 Å². The molecule has 1 aliphatic heterocycles. The Morgan fingerprint density at radius 3 is 2.90 bits per heavy atom. The van der Waals surface area contributed by atoms with E-state index < -0.39 is 0 Å². The molecule has 1 aromatic heterocycles. The van der Waals surface area contributed by atoms with Gasteiger partial charge in [0.25, 0.3) is 0 Å². The van der Waals surface area contributed by atoms with Crippen LogP contribution in [0.1, 0.15) is 23.3 Å². The Morgan fingerprint density at radius 1 is 1.29 bits per heavy atom. The van der Waals surface area contributed by atoms with Crippen molar-refractivity contribution >= 4 is 5.69 Å². The number of rotatable bonds is 3. The van der Waals surface area contributed by atoms with Crippen molar-refractivity contribution in [2.75, 3.05) is 39.5 Å². The molecule has 6 heteroatoms. The fraction of sp³-hybridized carbons (Fsp3) is 0.467. The first-order chi connectivity index (χ1) is 10.1. The van der Waals surface area contributed by atoms with E-state index in [2.05, 4.69) is 34.0 Å². The number of hydrogen-bond acceptors (Lipinski definition) is 6. The van der Waals surface area contributed by atoms with Crippen LogP contribution in [0.2, 0.25) is 0 Å². The lowest BCUT2D eigenvalue weighted by molar-refractivity contribution is 0.108. The number of likely N-dealkylation sites (N-methyl/N-ethyl adjacent to an activating group) is 2. The molecular formula is C15H21N5O. The molecule has 1 aliphatic rings. The molecule has 2 aromatic rings. The summed E-state index contributed by atoms with van der Waals surface area (Å²) >= 11 is 0. The second-order valence-electron chi connectivity index (χ2n) is 5.68. The van der Waals surface area contributed by atoms with E-state index in [1.54, 1.807) is 0 Å². The quantitative estimate of drug-likeness (QED) is 0.854. The van der Waals surface area contributed by atoms with E-state index in [1.807, 2.05) is 24.3 Å². The largest absolute Gasteiger partial charge is 0.398 e.